The van der Waals surface area contributed by atoms with Gasteiger partial charge in [0, 0.05) is 0 Å². The lowest BCUT2D eigenvalue weighted by Crippen LogP contribution is -2.24. The number of hydrogen-bond acceptors (Lipinski definition) is 4. The van der Waals surface area contributed by atoms with Crippen LogP contribution >= 0.6 is 0 Å². The van der Waals surface area contributed by atoms with E-state index in [4.69, 9.17) is 0 Å². The normalized spacial score (nSPS) is 14.3. The minimum absolute atomic E-state index is 0.165. The van der Waals surface area contributed by atoms with Crippen molar-refractivity contribution >= 4 is 0 Å². The molecule has 0 saturated heterocycles. The van der Waals surface area contributed by atoms with Crippen molar-refractivity contribution < 1.29 is 0 Å². The Hall–Kier alpha value is -1.75. The molecule has 102 valence electrons. The Labute approximate surface area is 114 Å². The smallest absolute Gasteiger partial charge is 0.168 e. The van der Waals surface area contributed by atoms with E-state index in [9.17, 15) is 0 Å². The SMILES string of the molecule is CCNC(C)c1nnnn1C(C)Cc1ccccc1. The summed E-state index contributed by atoms with van der Waals surface area (Å²) in [6, 6.07) is 10.8. The topological polar surface area (TPSA) is 55.6 Å². The molecule has 2 aromatic rings. The Morgan fingerprint density at radius 2 is 1.95 bits per heavy atom. The minimum atomic E-state index is 0.165. The largest absolute Gasteiger partial charge is 0.308 e. The second kappa shape index (κ2) is 6.43. The summed E-state index contributed by atoms with van der Waals surface area (Å²) in [5, 5.41) is 15.4. The summed E-state index contributed by atoms with van der Waals surface area (Å²) in [6.07, 6.45) is 0.928. The van der Waals surface area contributed by atoms with Crippen LogP contribution < -0.4 is 5.32 Å². The van der Waals surface area contributed by atoms with Crippen molar-refractivity contribution in [2.75, 3.05) is 6.54 Å². The Morgan fingerprint density at radius 1 is 1.21 bits per heavy atom. The number of tetrazole rings is 1. The summed E-state index contributed by atoms with van der Waals surface area (Å²) >= 11 is 0. The number of nitrogens with one attached hydrogen (secondary N) is 1. The molecule has 0 aliphatic heterocycles. The molecule has 1 heterocycles. The highest BCUT2D eigenvalue weighted by Gasteiger charge is 2.17. The van der Waals surface area contributed by atoms with Gasteiger partial charge < -0.3 is 5.32 Å². The lowest BCUT2D eigenvalue weighted by molar-refractivity contribution is 0.428. The molecule has 2 atom stereocenters. The molecule has 0 fully saturated rings. The van der Waals surface area contributed by atoms with Crippen molar-refractivity contribution in [1.29, 1.82) is 0 Å². The summed E-state index contributed by atoms with van der Waals surface area (Å²) in [4.78, 5) is 0. The molecule has 1 N–H and O–H groups in total. The lowest BCUT2D eigenvalue weighted by atomic mass is 10.1. The molecule has 19 heavy (non-hydrogen) atoms. The van der Waals surface area contributed by atoms with E-state index in [1.807, 2.05) is 10.7 Å². The van der Waals surface area contributed by atoms with Gasteiger partial charge in [0.05, 0.1) is 12.1 Å². The molecule has 0 saturated carbocycles. The molecule has 1 aromatic carbocycles. The van der Waals surface area contributed by atoms with Gasteiger partial charge in [-0.15, -0.1) is 5.10 Å². The molecule has 2 unspecified atom stereocenters. The quantitative estimate of drug-likeness (QED) is 0.863. The fourth-order valence-electron chi connectivity index (χ4n) is 2.24. The molecule has 0 bridgehead atoms. The van der Waals surface area contributed by atoms with Gasteiger partial charge in [-0.25, -0.2) is 4.68 Å². The fourth-order valence-corrected chi connectivity index (χ4v) is 2.24. The van der Waals surface area contributed by atoms with Crippen LogP contribution in [0.25, 0.3) is 0 Å². The van der Waals surface area contributed by atoms with Crippen LogP contribution in [0.3, 0.4) is 0 Å². The number of nitrogens with zero attached hydrogens (tertiary/aromatic N) is 4. The van der Waals surface area contributed by atoms with Crippen LogP contribution in [0, 0.1) is 0 Å². The van der Waals surface area contributed by atoms with Crippen molar-refractivity contribution in [2.24, 2.45) is 0 Å². The van der Waals surface area contributed by atoms with Crippen LogP contribution in [0.1, 0.15) is 44.2 Å². The lowest BCUT2D eigenvalue weighted by Gasteiger charge is -2.17. The van der Waals surface area contributed by atoms with E-state index < -0.39 is 0 Å². The highest BCUT2D eigenvalue weighted by molar-refractivity contribution is 5.15. The van der Waals surface area contributed by atoms with Gasteiger partial charge >= 0.3 is 0 Å². The van der Waals surface area contributed by atoms with Crippen molar-refractivity contribution in [3.8, 4) is 0 Å². The third-order valence-corrected chi connectivity index (χ3v) is 3.21. The Morgan fingerprint density at radius 3 is 2.63 bits per heavy atom. The third-order valence-electron chi connectivity index (χ3n) is 3.21. The van der Waals surface area contributed by atoms with E-state index in [-0.39, 0.29) is 12.1 Å². The van der Waals surface area contributed by atoms with E-state index in [2.05, 4.69) is 65.9 Å². The highest BCUT2D eigenvalue weighted by Crippen LogP contribution is 2.17. The van der Waals surface area contributed by atoms with Gasteiger partial charge in [0.1, 0.15) is 0 Å². The summed E-state index contributed by atoms with van der Waals surface area (Å²) < 4.78 is 1.92. The average Bonchev–Trinajstić information content (AvgIpc) is 2.89. The maximum absolute atomic E-state index is 4.14. The first-order valence-corrected chi connectivity index (χ1v) is 6.77. The monoisotopic (exact) mass is 259 g/mol. The fraction of sp³-hybridized carbons (Fsp3) is 0.500. The van der Waals surface area contributed by atoms with Crippen molar-refractivity contribution in [2.45, 2.75) is 39.3 Å². The number of hydrogen-bond donors (Lipinski definition) is 1. The maximum Gasteiger partial charge on any atom is 0.168 e. The average molecular weight is 259 g/mol. The van der Waals surface area contributed by atoms with Crippen LogP contribution in [0.2, 0.25) is 0 Å². The summed E-state index contributed by atoms with van der Waals surface area (Å²) in [5.74, 6) is 0.894. The van der Waals surface area contributed by atoms with Crippen LogP contribution in [0.4, 0.5) is 0 Å². The van der Waals surface area contributed by atoms with Gasteiger partial charge in [-0.3, -0.25) is 0 Å². The van der Waals surface area contributed by atoms with Crippen molar-refractivity contribution in [3.05, 3.63) is 41.7 Å². The molecule has 0 spiro atoms. The molecular formula is C14H21N5. The first-order chi connectivity index (χ1) is 9.22. The zero-order valence-electron chi connectivity index (χ0n) is 11.7. The third kappa shape index (κ3) is 3.38. The van der Waals surface area contributed by atoms with Gasteiger partial charge in [0.2, 0.25) is 0 Å². The van der Waals surface area contributed by atoms with Gasteiger partial charge in [-0.05, 0) is 42.8 Å². The van der Waals surface area contributed by atoms with Crippen LogP contribution in [-0.2, 0) is 6.42 Å². The molecule has 5 heteroatoms. The molecule has 0 aliphatic rings. The molecule has 0 aliphatic carbocycles. The molecule has 0 amide bonds. The number of aromatic nitrogens is 4. The molecule has 1 aromatic heterocycles. The van der Waals surface area contributed by atoms with E-state index in [0.717, 1.165) is 18.8 Å². The predicted octanol–water partition coefficient (Wildman–Crippen LogP) is 2.15. The predicted molar refractivity (Wildman–Crippen MR) is 74.8 cm³/mol. The van der Waals surface area contributed by atoms with Crippen LogP contribution in [-0.4, -0.2) is 26.8 Å². The van der Waals surface area contributed by atoms with Gasteiger partial charge in [0.25, 0.3) is 0 Å². The minimum Gasteiger partial charge on any atom is -0.308 e. The summed E-state index contributed by atoms with van der Waals surface area (Å²) in [5.41, 5.74) is 1.30. The van der Waals surface area contributed by atoms with Gasteiger partial charge in [-0.2, -0.15) is 0 Å². The number of rotatable bonds is 6. The summed E-state index contributed by atoms with van der Waals surface area (Å²) in [7, 11) is 0. The van der Waals surface area contributed by atoms with E-state index >= 15 is 0 Å². The zero-order valence-corrected chi connectivity index (χ0v) is 11.7. The molecule has 2 rings (SSSR count). The second-order valence-electron chi connectivity index (χ2n) is 4.80. The Bertz CT molecular complexity index is 494. The second-order valence-corrected chi connectivity index (χ2v) is 4.80. The summed E-state index contributed by atoms with van der Waals surface area (Å²) in [6.45, 7) is 7.21. The molecular weight excluding hydrogens is 238 g/mol. The van der Waals surface area contributed by atoms with E-state index in [1.54, 1.807) is 0 Å². The first kappa shape index (κ1) is 13.7. The Balaban J connectivity index is 2.11. The maximum atomic E-state index is 4.14. The Kier molecular flexibility index (Phi) is 4.63. The van der Waals surface area contributed by atoms with Crippen molar-refractivity contribution in [1.82, 2.24) is 25.5 Å². The van der Waals surface area contributed by atoms with Gasteiger partial charge in [-0.1, -0.05) is 37.3 Å². The molecule has 0 radical (unpaired) electrons. The zero-order chi connectivity index (χ0) is 13.7. The van der Waals surface area contributed by atoms with E-state index in [1.165, 1.54) is 5.56 Å². The van der Waals surface area contributed by atoms with E-state index in [0.29, 0.717) is 0 Å². The first-order valence-electron chi connectivity index (χ1n) is 6.77. The standard InChI is InChI=1S/C14H21N5/c1-4-15-12(3)14-16-17-18-19(14)11(2)10-13-8-6-5-7-9-13/h5-9,11-12,15H,4,10H2,1-3H3. The van der Waals surface area contributed by atoms with Crippen molar-refractivity contribution in [3.63, 3.8) is 0 Å². The van der Waals surface area contributed by atoms with Gasteiger partial charge in [0.15, 0.2) is 5.82 Å². The number of benzene rings is 1. The van der Waals surface area contributed by atoms with Crippen LogP contribution in [0.5, 0.6) is 0 Å². The molecule has 5 nitrogen and oxygen atoms in total. The highest BCUT2D eigenvalue weighted by atomic mass is 15.6. The van der Waals surface area contributed by atoms with Crippen LogP contribution in [0.15, 0.2) is 30.3 Å².